The maximum absolute atomic E-state index is 2.31. The van der Waals surface area contributed by atoms with Crippen LogP contribution >= 0.6 is 0 Å². The van der Waals surface area contributed by atoms with Gasteiger partial charge in [0.05, 0.1) is 8.07 Å². The van der Waals surface area contributed by atoms with E-state index >= 15 is 0 Å². The second kappa shape index (κ2) is 11.0. The van der Waals surface area contributed by atoms with E-state index in [4.69, 9.17) is 0 Å². The molecule has 0 aliphatic carbocycles. The Hall–Kier alpha value is -2.22. The minimum absolute atomic E-state index is 0. The summed E-state index contributed by atoms with van der Waals surface area (Å²) in [5.41, 5.74) is 0. The fourth-order valence-electron chi connectivity index (χ4n) is 5.06. The minimum atomic E-state index is -1.66. The van der Waals surface area contributed by atoms with Gasteiger partial charge in [-0.05, 0) is 0 Å². The third-order valence-electron chi connectivity index (χ3n) is 6.50. The van der Waals surface area contributed by atoms with Crippen molar-refractivity contribution in [1.29, 1.82) is 0 Å². The molecule has 0 nitrogen and oxygen atoms in total. The van der Waals surface area contributed by atoms with Gasteiger partial charge in [-0.1, -0.05) is 107 Å². The largest absolute Gasteiger partial charge is 4.00 e. The van der Waals surface area contributed by atoms with E-state index in [1.807, 2.05) is 0 Å². The minimum Gasteiger partial charge on any atom is -1.00 e. The van der Waals surface area contributed by atoms with Crippen LogP contribution in [-0.4, -0.2) is 8.07 Å². The molecule has 0 aromatic heterocycles. The summed E-state index contributed by atoms with van der Waals surface area (Å²) >= 11 is 0. The van der Waals surface area contributed by atoms with Crippen molar-refractivity contribution in [2.24, 2.45) is 0 Å². The van der Waals surface area contributed by atoms with Crippen molar-refractivity contribution in [3.63, 3.8) is 0 Å². The van der Waals surface area contributed by atoms with Crippen molar-refractivity contribution in [2.45, 2.75) is 0 Å². The summed E-state index contributed by atoms with van der Waals surface area (Å²) in [5.74, 6) is 0. The summed E-state index contributed by atoms with van der Waals surface area (Å²) in [6.07, 6.45) is 0. The zero-order valence-corrected chi connectivity index (χ0v) is 23.4. The average molecular weight is 573 g/mol. The van der Waals surface area contributed by atoms with Crippen molar-refractivity contribution in [2.75, 3.05) is 0 Å². The van der Waals surface area contributed by atoms with Crippen LogP contribution in [0.2, 0.25) is 0 Å². The molecule has 6 aromatic rings. The van der Waals surface area contributed by atoms with Crippen LogP contribution < -0.4 is 45.6 Å². The van der Waals surface area contributed by atoms with Gasteiger partial charge >= 0.3 is 26.2 Å². The molecule has 0 unspecified atom stereocenters. The van der Waals surface area contributed by atoms with Crippen LogP contribution in [0.5, 0.6) is 0 Å². The van der Waals surface area contributed by atoms with Crippen molar-refractivity contribution in [3.8, 4) is 0 Å². The first kappa shape index (κ1) is 26.4. The second-order valence-corrected chi connectivity index (χ2v) is 11.9. The fourth-order valence-corrected chi connectivity index (χ4v) is 9.90. The summed E-state index contributed by atoms with van der Waals surface area (Å²) < 4.78 is 0. The summed E-state index contributed by atoms with van der Waals surface area (Å²) in [6.45, 7) is 0. The molecule has 1 heterocycles. The Balaban J connectivity index is 0.000000182. The van der Waals surface area contributed by atoms with E-state index in [-0.39, 0.29) is 51.0 Å². The van der Waals surface area contributed by atoms with E-state index in [0.717, 1.165) is 0 Å². The Labute approximate surface area is 233 Å². The summed E-state index contributed by atoms with van der Waals surface area (Å²) in [6, 6.07) is 48.1. The van der Waals surface area contributed by atoms with Gasteiger partial charge in [0.2, 0.25) is 0 Å². The quantitative estimate of drug-likeness (QED) is 0.181. The predicted molar refractivity (Wildman–Crippen MR) is 136 cm³/mol. The third-order valence-corrected chi connectivity index (χ3v) is 11.1. The zero-order valence-electron chi connectivity index (χ0n) is 18.5. The Morgan fingerprint density at radius 3 is 1.38 bits per heavy atom. The Morgan fingerprint density at radius 1 is 0.500 bits per heavy atom. The normalized spacial score (nSPS) is 12.2. The molecular weight excluding hydrogens is 551 g/mol. The molecule has 0 bridgehead atoms. The molecule has 164 valence electrons. The van der Waals surface area contributed by atoms with Crippen LogP contribution in [0.25, 0.3) is 21.5 Å². The van der Waals surface area contributed by atoms with E-state index in [0.29, 0.717) is 0 Å². The molecule has 0 spiro atoms. The van der Waals surface area contributed by atoms with Crippen LogP contribution in [0.15, 0.2) is 133 Å². The van der Waals surface area contributed by atoms with Gasteiger partial charge in [-0.25, -0.2) is 12.1 Å². The van der Waals surface area contributed by atoms with Crippen molar-refractivity contribution in [3.05, 3.63) is 133 Å². The van der Waals surface area contributed by atoms with Gasteiger partial charge in [-0.2, -0.15) is 11.3 Å². The Morgan fingerprint density at radius 2 is 0.941 bits per heavy atom. The molecule has 0 fully saturated rings. The molecule has 0 saturated carbocycles. The molecule has 0 atom stereocenters. The van der Waals surface area contributed by atoms with Crippen LogP contribution in [0.4, 0.5) is 0 Å². The van der Waals surface area contributed by atoms with Gasteiger partial charge in [-0.3, -0.25) is 0 Å². The average Bonchev–Trinajstić information content (AvgIpc) is 3.14. The van der Waals surface area contributed by atoms with Crippen LogP contribution in [0.3, 0.4) is 0 Å². The number of benzene rings is 4. The monoisotopic (exact) mass is 570 g/mol. The molecular formula is C30H22Cl2SiZr. The van der Waals surface area contributed by atoms with Gasteiger partial charge in [-0.15, -0.1) is 44.9 Å². The van der Waals surface area contributed by atoms with E-state index in [2.05, 4.69) is 133 Å². The van der Waals surface area contributed by atoms with Crippen molar-refractivity contribution < 1.29 is 51.0 Å². The maximum Gasteiger partial charge on any atom is 4.00 e. The zero-order chi connectivity index (χ0) is 20.7. The number of hydrogen-bond acceptors (Lipinski definition) is 0. The summed E-state index contributed by atoms with van der Waals surface area (Å²) in [5, 5.41) is 11.6. The number of halogens is 2. The molecule has 4 heteroatoms. The summed E-state index contributed by atoms with van der Waals surface area (Å²) in [7, 11) is -1.66. The van der Waals surface area contributed by atoms with E-state index in [1.54, 1.807) is 10.4 Å². The van der Waals surface area contributed by atoms with E-state index < -0.39 is 8.07 Å². The first-order valence-electron chi connectivity index (χ1n) is 10.8. The van der Waals surface area contributed by atoms with Gasteiger partial charge < -0.3 is 24.8 Å². The second-order valence-electron chi connectivity index (χ2n) is 8.15. The molecule has 34 heavy (non-hydrogen) atoms. The Bertz CT molecular complexity index is 1380. The smallest absolute Gasteiger partial charge is 1.00 e. The van der Waals surface area contributed by atoms with Crippen LogP contribution in [-0.2, 0) is 26.2 Å². The van der Waals surface area contributed by atoms with Crippen molar-refractivity contribution in [1.82, 2.24) is 0 Å². The predicted octanol–water partition coefficient (Wildman–Crippen LogP) is -1.19. The molecule has 1 aliphatic heterocycles. The van der Waals surface area contributed by atoms with Crippen molar-refractivity contribution >= 4 is 50.4 Å². The Kier molecular flexibility index (Phi) is 8.55. The van der Waals surface area contributed by atoms with Gasteiger partial charge in [0.15, 0.2) is 0 Å². The molecule has 0 radical (unpaired) electrons. The van der Waals surface area contributed by atoms with E-state index in [9.17, 15) is 0 Å². The molecule has 0 saturated heterocycles. The molecule has 0 amide bonds. The van der Waals surface area contributed by atoms with Gasteiger partial charge in [0, 0.05) is 0 Å². The first-order chi connectivity index (χ1) is 15.4. The molecule has 6 aromatic carbocycles. The number of rotatable bonds is 2. The van der Waals surface area contributed by atoms with E-state index in [1.165, 1.54) is 31.9 Å². The fraction of sp³-hybridized carbons (Fsp3) is 0. The van der Waals surface area contributed by atoms with Crippen LogP contribution in [0, 0.1) is 0 Å². The molecule has 1 aliphatic rings. The molecule has 0 N–H and O–H groups in total. The topological polar surface area (TPSA) is 0 Å². The first-order valence-corrected chi connectivity index (χ1v) is 12.8. The number of fused-ring (bicyclic) bond motifs is 4. The molecule has 7 rings (SSSR count). The number of hydrogen-bond donors (Lipinski definition) is 0. The summed E-state index contributed by atoms with van der Waals surface area (Å²) in [4.78, 5) is 0. The maximum atomic E-state index is 2.31. The third kappa shape index (κ3) is 4.30. The van der Waals surface area contributed by atoms with Gasteiger partial charge in [0.25, 0.3) is 0 Å². The van der Waals surface area contributed by atoms with Gasteiger partial charge in [0.1, 0.15) is 0 Å². The standard InChI is InChI=1S/C17H13Si.C13H9.2ClH.Zr/c1-3-8-14(9-4-1)18(15-10-5-2-6-11-15)16-12-7-13-17(16)18;1-3-7-12-10(5-1)9-11-6-2-4-8-13(11)12;;;/h1-13H;1-9H;2*1H;/q2*-1;;;+4/p-2. The van der Waals surface area contributed by atoms with Crippen LogP contribution in [0.1, 0.15) is 0 Å². The SMILES string of the molecule is [Cl-].[Cl-].[Zr+4].c1ccc([Si]2(c3ccccc3)c3ccc[c-]32)cc1.c1ccc2c(c1)[cH-]c1ccccc12.